The highest BCUT2D eigenvalue weighted by molar-refractivity contribution is 6.14. The third-order valence-electron chi connectivity index (χ3n) is 2.24. The molecule has 92 valence electrons. The lowest BCUT2D eigenvalue weighted by Gasteiger charge is -1.95. The second-order valence-corrected chi connectivity index (χ2v) is 3.92. The highest BCUT2D eigenvalue weighted by atomic mass is 16.6. The molecule has 0 aromatic heterocycles. The molecule has 0 saturated carbocycles. The van der Waals surface area contributed by atoms with E-state index in [0.29, 0.717) is 12.2 Å². The largest absolute Gasteiger partial charge is 1.00 e. The van der Waals surface area contributed by atoms with Gasteiger partial charge in [-0.2, -0.15) is 0 Å². The Morgan fingerprint density at radius 1 is 1.00 bits per heavy atom. The molecule has 17 heavy (non-hydrogen) atoms. The molecule has 0 spiro atoms. The molecular weight excluding hydrogens is 224 g/mol. The van der Waals surface area contributed by atoms with Crippen LogP contribution in [0.25, 0.3) is 0 Å². The van der Waals surface area contributed by atoms with Crippen molar-refractivity contribution in [1.29, 1.82) is 0 Å². The van der Waals surface area contributed by atoms with Crippen molar-refractivity contribution < 1.29 is 25.2 Å². The fourth-order valence-electron chi connectivity index (χ4n) is 1.10. The summed E-state index contributed by atoms with van der Waals surface area (Å²) in [7, 11) is 0. The normalized spacial score (nSPS) is 28.7. The number of carbonyl (C=O) groups is 2. The van der Waals surface area contributed by atoms with Gasteiger partial charge in [0.15, 0.2) is 11.6 Å². The fourth-order valence-corrected chi connectivity index (χ4v) is 1.10. The maximum Gasteiger partial charge on any atom is 1.00 e. The molecule has 5 heteroatoms. The van der Waals surface area contributed by atoms with Crippen molar-refractivity contribution in [3.63, 3.8) is 0 Å². The molecule has 0 aromatic rings. The van der Waals surface area contributed by atoms with Crippen molar-refractivity contribution in [3.8, 4) is 0 Å². The molecule has 0 N–H and O–H groups in total. The molecule has 0 bridgehead atoms. The van der Waals surface area contributed by atoms with Crippen LogP contribution in [0.3, 0.4) is 0 Å². The SMILES string of the molecule is C(OCC1CO1)C1CO1.O=C1C=CC(=O)C=C1.[H+]. The van der Waals surface area contributed by atoms with Crippen LogP contribution in [0.5, 0.6) is 0 Å². The molecule has 0 amide bonds. The number of ether oxygens (including phenoxy) is 3. The molecule has 2 fully saturated rings. The van der Waals surface area contributed by atoms with Gasteiger partial charge < -0.3 is 14.2 Å². The van der Waals surface area contributed by atoms with Crippen molar-refractivity contribution >= 4 is 11.6 Å². The fraction of sp³-hybridized carbons (Fsp3) is 0.500. The first kappa shape index (κ1) is 12.2. The van der Waals surface area contributed by atoms with Crippen LogP contribution in [0.4, 0.5) is 0 Å². The average molecular weight is 239 g/mol. The minimum absolute atomic E-state index is 0. The first-order valence-electron chi connectivity index (χ1n) is 5.49. The van der Waals surface area contributed by atoms with Crippen LogP contribution in [0, 0.1) is 0 Å². The van der Waals surface area contributed by atoms with Crippen molar-refractivity contribution in [2.45, 2.75) is 12.2 Å². The van der Waals surface area contributed by atoms with E-state index in [9.17, 15) is 9.59 Å². The third kappa shape index (κ3) is 5.53. The Hall–Kier alpha value is -1.30. The molecule has 2 atom stereocenters. The van der Waals surface area contributed by atoms with E-state index in [1.54, 1.807) is 0 Å². The Morgan fingerprint density at radius 2 is 1.35 bits per heavy atom. The zero-order chi connectivity index (χ0) is 12.1. The van der Waals surface area contributed by atoms with Gasteiger partial charge in [0.1, 0.15) is 12.2 Å². The molecule has 0 aromatic carbocycles. The summed E-state index contributed by atoms with van der Waals surface area (Å²) in [5, 5.41) is 0. The Labute approximate surface area is 101 Å². The summed E-state index contributed by atoms with van der Waals surface area (Å²) >= 11 is 0. The van der Waals surface area contributed by atoms with Crippen LogP contribution < -0.4 is 0 Å². The summed E-state index contributed by atoms with van der Waals surface area (Å²) in [5.74, 6) is -0.241. The van der Waals surface area contributed by atoms with E-state index in [-0.39, 0.29) is 13.0 Å². The van der Waals surface area contributed by atoms with Crippen LogP contribution in [-0.4, -0.2) is 50.2 Å². The van der Waals surface area contributed by atoms with E-state index in [0.717, 1.165) is 26.4 Å². The van der Waals surface area contributed by atoms with Gasteiger partial charge in [-0.1, -0.05) is 0 Å². The summed E-state index contributed by atoms with van der Waals surface area (Å²) in [5.41, 5.74) is 0. The quantitative estimate of drug-likeness (QED) is 0.516. The molecule has 1 aliphatic carbocycles. The first-order chi connectivity index (χ1) is 8.24. The second kappa shape index (κ2) is 5.86. The number of ketones is 2. The van der Waals surface area contributed by atoms with Crippen LogP contribution >= 0.6 is 0 Å². The molecule has 3 aliphatic rings. The second-order valence-electron chi connectivity index (χ2n) is 3.92. The van der Waals surface area contributed by atoms with Gasteiger partial charge in [0.25, 0.3) is 0 Å². The lowest BCUT2D eigenvalue weighted by molar-refractivity contribution is -0.113. The number of epoxide rings is 2. The van der Waals surface area contributed by atoms with E-state index >= 15 is 0 Å². The van der Waals surface area contributed by atoms with Crippen molar-refractivity contribution in [3.05, 3.63) is 24.3 Å². The smallest absolute Gasteiger partial charge is 0.376 e. The topological polar surface area (TPSA) is 68.4 Å². The number of carbonyl (C=O) groups excluding carboxylic acids is 2. The summed E-state index contributed by atoms with van der Waals surface area (Å²) in [6.45, 7) is 3.26. The van der Waals surface area contributed by atoms with Crippen LogP contribution in [0.1, 0.15) is 1.43 Å². The maximum atomic E-state index is 10.3. The number of hydrogen-bond acceptors (Lipinski definition) is 5. The molecule has 2 aliphatic heterocycles. The van der Waals surface area contributed by atoms with Crippen LogP contribution in [0.15, 0.2) is 24.3 Å². The molecule has 0 radical (unpaired) electrons. The number of rotatable bonds is 4. The van der Waals surface area contributed by atoms with Gasteiger partial charge in [-0.25, -0.2) is 0 Å². The van der Waals surface area contributed by atoms with Crippen molar-refractivity contribution in [1.82, 2.24) is 0 Å². The predicted octanol–water partition coefficient (Wildman–Crippen LogP) is 0.164. The van der Waals surface area contributed by atoms with Crippen LogP contribution in [0.2, 0.25) is 0 Å². The van der Waals surface area contributed by atoms with E-state index in [2.05, 4.69) is 0 Å². The summed E-state index contributed by atoms with van der Waals surface area (Å²) in [6.07, 6.45) is 5.79. The third-order valence-corrected chi connectivity index (χ3v) is 2.24. The van der Waals surface area contributed by atoms with Gasteiger partial charge in [0.2, 0.25) is 0 Å². The average Bonchev–Trinajstić information content (AvgIpc) is 3.16. The monoisotopic (exact) mass is 239 g/mol. The lowest BCUT2D eigenvalue weighted by atomic mass is 10.2. The van der Waals surface area contributed by atoms with Gasteiger partial charge in [-0.15, -0.1) is 0 Å². The Kier molecular flexibility index (Phi) is 4.19. The number of hydrogen-bond donors (Lipinski definition) is 0. The van der Waals surface area contributed by atoms with Gasteiger partial charge in [0.05, 0.1) is 26.4 Å². The molecule has 2 heterocycles. The number of allylic oxidation sites excluding steroid dienone is 4. The van der Waals surface area contributed by atoms with Crippen molar-refractivity contribution in [2.24, 2.45) is 0 Å². The highest BCUT2D eigenvalue weighted by Gasteiger charge is 2.26. The standard InChI is InChI=1S/C6H10O3.C6H4O2/c1(5-3-8-5)7-2-6-4-9-6;7-5-1-2-6(8)4-3-5/h5-6H,1-4H2;1-4H/p+1. The van der Waals surface area contributed by atoms with E-state index < -0.39 is 0 Å². The maximum absolute atomic E-state index is 10.3. The Bertz CT molecular complexity index is 305. The lowest BCUT2D eigenvalue weighted by Crippen LogP contribution is -2.06. The van der Waals surface area contributed by atoms with Crippen LogP contribution in [-0.2, 0) is 23.8 Å². The van der Waals surface area contributed by atoms with Crippen molar-refractivity contribution in [2.75, 3.05) is 26.4 Å². The van der Waals surface area contributed by atoms with E-state index in [1.807, 2.05) is 0 Å². The summed E-state index contributed by atoms with van der Waals surface area (Å²) in [4.78, 5) is 20.6. The van der Waals surface area contributed by atoms with Gasteiger partial charge in [0, 0.05) is 0 Å². The van der Waals surface area contributed by atoms with E-state index in [1.165, 1.54) is 24.3 Å². The Balaban J connectivity index is 0.000000172. The molecule has 2 saturated heterocycles. The predicted molar refractivity (Wildman–Crippen MR) is 59.7 cm³/mol. The van der Waals surface area contributed by atoms with E-state index in [4.69, 9.17) is 14.2 Å². The summed E-state index contributed by atoms with van der Waals surface area (Å²) < 4.78 is 15.1. The zero-order valence-electron chi connectivity index (χ0n) is 10.3. The zero-order valence-corrected chi connectivity index (χ0v) is 9.33. The molecule has 5 nitrogen and oxygen atoms in total. The van der Waals surface area contributed by atoms with Gasteiger partial charge >= 0.3 is 1.43 Å². The minimum atomic E-state index is -0.121. The minimum Gasteiger partial charge on any atom is -0.376 e. The summed E-state index contributed by atoms with van der Waals surface area (Å²) in [6, 6.07) is 0. The molecular formula is C12H15O5+. The molecule has 2 unspecified atom stereocenters. The Morgan fingerprint density at radius 3 is 1.65 bits per heavy atom. The first-order valence-corrected chi connectivity index (χ1v) is 5.49. The van der Waals surface area contributed by atoms with Gasteiger partial charge in [-0.05, 0) is 24.3 Å². The van der Waals surface area contributed by atoms with Gasteiger partial charge in [-0.3, -0.25) is 9.59 Å². The molecule has 3 rings (SSSR count). The highest BCUT2D eigenvalue weighted by Crippen LogP contribution is 2.12.